The van der Waals surface area contributed by atoms with E-state index >= 15 is 0 Å². The van der Waals surface area contributed by atoms with E-state index < -0.39 is 7.12 Å². The fourth-order valence-electron chi connectivity index (χ4n) is 0.896. The lowest BCUT2D eigenvalue weighted by Crippen LogP contribution is -2.15. The van der Waals surface area contributed by atoms with E-state index in [1.165, 1.54) is 0 Å². The summed E-state index contributed by atoms with van der Waals surface area (Å²) >= 11 is 8.99. The Morgan fingerprint density at radius 1 is 1.42 bits per heavy atom. The van der Waals surface area contributed by atoms with E-state index in [1.54, 1.807) is 18.2 Å². The molecule has 0 radical (unpaired) electrons. The number of hydrogen-bond donors (Lipinski definition) is 2. The van der Waals surface area contributed by atoms with Gasteiger partial charge >= 0.3 is 7.12 Å². The molecule has 5 heteroatoms. The second kappa shape index (κ2) is 4.28. The highest BCUT2D eigenvalue weighted by Gasteiger charge is 2.10. The average molecular weight is 249 g/mol. The third kappa shape index (κ3) is 2.79. The predicted molar refractivity (Wildman–Crippen MR) is 53.0 cm³/mol. The molecule has 0 saturated heterocycles. The van der Waals surface area contributed by atoms with Crippen molar-refractivity contribution < 1.29 is 10.0 Å². The van der Waals surface area contributed by atoms with Crippen LogP contribution in [0, 0.1) is 0 Å². The summed E-state index contributed by atoms with van der Waals surface area (Å²) < 4.78 is 0.833. The smallest absolute Gasteiger partial charge is 0.427 e. The molecule has 0 unspecified atom stereocenters. The van der Waals surface area contributed by atoms with Crippen LogP contribution in [0.5, 0.6) is 0 Å². The maximum absolute atomic E-state index is 8.71. The van der Waals surface area contributed by atoms with Crippen LogP contribution in [0.1, 0.15) is 5.56 Å². The quantitative estimate of drug-likeness (QED) is 0.783. The van der Waals surface area contributed by atoms with Crippen LogP contribution >= 0.6 is 27.5 Å². The average Bonchev–Trinajstić information content (AvgIpc) is 1.96. The largest absolute Gasteiger partial charge is 0.456 e. The van der Waals surface area contributed by atoms with E-state index in [2.05, 4.69) is 15.9 Å². The Morgan fingerprint density at radius 3 is 2.67 bits per heavy atom. The molecule has 64 valence electrons. The van der Waals surface area contributed by atoms with Gasteiger partial charge in [0, 0.05) is 15.8 Å². The van der Waals surface area contributed by atoms with Crippen LogP contribution in [0.4, 0.5) is 0 Å². The van der Waals surface area contributed by atoms with Gasteiger partial charge in [0.25, 0.3) is 0 Å². The molecular formula is C7H7BBrClO2. The SMILES string of the molecule is OB(O)Cc1cc(Cl)ccc1Br. The fourth-order valence-corrected chi connectivity index (χ4v) is 1.50. The molecule has 0 atom stereocenters. The van der Waals surface area contributed by atoms with Crippen LogP contribution < -0.4 is 0 Å². The highest BCUT2D eigenvalue weighted by molar-refractivity contribution is 9.10. The summed E-state index contributed by atoms with van der Waals surface area (Å²) in [7, 11) is -1.33. The molecule has 0 aliphatic rings. The molecule has 0 aromatic heterocycles. The summed E-state index contributed by atoms with van der Waals surface area (Å²) in [5.74, 6) is 0. The Balaban J connectivity index is 2.90. The van der Waals surface area contributed by atoms with E-state index in [0.29, 0.717) is 5.02 Å². The van der Waals surface area contributed by atoms with E-state index in [1.807, 2.05) is 0 Å². The minimum absolute atomic E-state index is 0.182. The predicted octanol–water partition coefficient (Wildman–Crippen LogP) is 1.66. The third-order valence-electron chi connectivity index (χ3n) is 1.41. The van der Waals surface area contributed by atoms with Gasteiger partial charge in [0.15, 0.2) is 0 Å². The molecule has 0 aliphatic carbocycles. The van der Waals surface area contributed by atoms with Crippen LogP contribution in [0.15, 0.2) is 22.7 Å². The molecule has 0 fully saturated rings. The summed E-state index contributed by atoms with van der Waals surface area (Å²) in [5, 5.41) is 18.0. The lowest BCUT2D eigenvalue weighted by molar-refractivity contribution is 0.405. The van der Waals surface area contributed by atoms with Gasteiger partial charge in [0.2, 0.25) is 0 Å². The standard InChI is InChI=1S/C7H7BBrClO2/c9-7-2-1-6(10)3-5(7)4-8(11)12/h1-3,11-12H,4H2. The van der Waals surface area contributed by atoms with Crippen LogP contribution in [-0.4, -0.2) is 17.2 Å². The highest BCUT2D eigenvalue weighted by Crippen LogP contribution is 2.21. The zero-order valence-corrected chi connectivity index (χ0v) is 8.51. The first kappa shape index (κ1) is 10.1. The van der Waals surface area contributed by atoms with Gasteiger partial charge in [-0.25, -0.2) is 0 Å². The van der Waals surface area contributed by atoms with Crippen LogP contribution in [-0.2, 0) is 6.32 Å². The molecule has 1 rings (SSSR count). The summed E-state index contributed by atoms with van der Waals surface area (Å²) in [6.07, 6.45) is 0.182. The Morgan fingerprint density at radius 2 is 2.08 bits per heavy atom. The number of halogens is 2. The topological polar surface area (TPSA) is 40.5 Å². The van der Waals surface area contributed by atoms with Gasteiger partial charge in [-0.3, -0.25) is 0 Å². The normalized spacial score (nSPS) is 10.0. The first-order valence-corrected chi connectivity index (χ1v) is 4.57. The molecule has 2 N–H and O–H groups in total. The van der Waals surface area contributed by atoms with Crippen molar-refractivity contribution in [2.75, 3.05) is 0 Å². The van der Waals surface area contributed by atoms with Crippen molar-refractivity contribution in [1.29, 1.82) is 0 Å². The lowest BCUT2D eigenvalue weighted by Gasteiger charge is -2.03. The maximum Gasteiger partial charge on any atom is 0.456 e. The van der Waals surface area contributed by atoms with Gasteiger partial charge in [0.05, 0.1) is 0 Å². The van der Waals surface area contributed by atoms with Crippen molar-refractivity contribution in [1.82, 2.24) is 0 Å². The molecular weight excluding hydrogens is 242 g/mol. The van der Waals surface area contributed by atoms with Crippen LogP contribution in [0.3, 0.4) is 0 Å². The minimum Gasteiger partial charge on any atom is -0.427 e. The van der Waals surface area contributed by atoms with Crippen molar-refractivity contribution in [3.63, 3.8) is 0 Å². The molecule has 12 heavy (non-hydrogen) atoms. The zero-order valence-electron chi connectivity index (χ0n) is 6.17. The molecule has 0 aliphatic heterocycles. The summed E-state index contributed by atoms with van der Waals surface area (Å²) in [6.45, 7) is 0. The Kier molecular flexibility index (Phi) is 3.59. The Bertz CT molecular complexity index is 280. The number of hydrogen-bond acceptors (Lipinski definition) is 2. The van der Waals surface area contributed by atoms with Gasteiger partial charge in [-0.2, -0.15) is 0 Å². The summed E-state index contributed by atoms with van der Waals surface area (Å²) in [4.78, 5) is 0. The number of benzene rings is 1. The van der Waals surface area contributed by atoms with Gasteiger partial charge in [-0.15, -0.1) is 0 Å². The molecule has 1 aromatic carbocycles. The molecule has 2 nitrogen and oxygen atoms in total. The Hall–Kier alpha value is -0.0251. The lowest BCUT2D eigenvalue weighted by atomic mass is 9.82. The monoisotopic (exact) mass is 248 g/mol. The van der Waals surface area contributed by atoms with Gasteiger partial charge in [-0.1, -0.05) is 27.5 Å². The molecule has 0 spiro atoms. The summed E-state index contributed by atoms with van der Waals surface area (Å²) in [5.41, 5.74) is 0.789. The van der Waals surface area contributed by atoms with Crippen LogP contribution in [0.25, 0.3) is 0 Å². The van der Waals surface area contributed by atoms with Gasteiger partial charge in [0.1, 0.15) is 0 Å². The van der Waals surface area contributed by atoms with Crippen molar-refractivity contribution >= 4 is 34.6 Å². The highest BCUT2D eigenvalue weighted by atomic mass is 79.9. The Labute approximate surface area is 84.4 Å². The molecule has 0 bridgehead atoms. The third-order valence-corrected chi connectivity index (χ3v) is 2.42. The first-order chi connectivity index (χ1) is 5.59. The van der Waals surface area contributed by atoms with E-state index in [0.717, 1.165) is 10.0 Å². The van der Waals surface area contributed by atoms with Gasteiger partial charge in [-0.05, 0) is 23.8 Å². The molecule has 0 heterocycles. The molecule has 1 aromatic rings. The number of rotatable bonds is 2. The summed E-state index contributed by atoms with van der Waals surface area (Å²) in [6, 6.07) is 5.21. The van der Waals surface area contributed by atoms with Gasteiger partial charge < -0.3 is 10.0 Å². The second-order valence-corrected chi connectivity index (χ2v) is 3.71. The van der Waals surface area contributed by atoms with E-state index in [9.17, 15) is 0 Å². The van der Waals surface area contributed by atoms with Crippen molar-refractivity contribution in [2.45, 2.75) is 6.32 Å². The zero-order chi connectivity index (χ0) is 9.14. The van der Waals surface area contributed by atoms with Crippen molar-refractivity contribution in [3.8, 4) is 0 Å². The molecule has 0 saturated carbocycles. The molecule has 0 amide bonds. The van der Waals surface area contributed by atoms with E-state index in [4.69, 9.17) is 21.6 Å². The fraction of sp³-hybridized carbons (Fsp3) is 0.143. The van der Waals surface area contributed by atoms with Crippen molar-refractivity contribution in [3.05, 3.63) is 33.3 Å². The maximum atomic E-state index is 8.71. The van der Waals surface area contributed by atoms with Crippen molar-refractivity contribution in [2.24, 2.45) is 0 Å². The second-order valence-electron chi connectivity index (χ2n) is 2.42. The first-order valence-electron chi connectivity index (χ1n) is 3.39. The van der Waals surface area contributed by atoms with Crippen LogP contribution in [0.2, 0.25) is 5.02 Å². The van der Waals surface area contributed by atoms with E-state index in [-0.39, 0.29) is 6.32 Å². The minimum atomic E-state index is -1.33.